The van der Waals surface area contributed by atoms with Crippen LogP contribution < -0.4 is 4.74 Å². The minimum absolute atomic E-state index is 0.175. The van der Waals surface area contributed by atoms with Gasteiger partial charge in [0.25, 0.3) is 0 Å². The second kappa shape index (κ2) is 4.72. The molecule has 1 fully saturated rings. The van der Waals surface area contributed by atoms with Crippen molar-refractivity contribution in [1.29, 1.82) is 0 Å². The van der Waals surface area contributed by atoms with Crippen LogP contribution in [0.25, 0.3) is 0 Å². The lowest BCUT2D eigenvalue weighted by atomic mass is 9.81. The third-order valence-corrected chi connectivity index (χ3v) is 4.41. The summed E-state index contributed by atoms with van der Waals surface area (Å²) in [5, 5.41) is 0. The molecule has 0 saturated heterocycles. The molecule has 0 N–H and O–H groups in total. The van der Waals surface area contributed by atoms with Crippen molar-refractivity contribution in [3.8, 4) is 5.75 Å². The number of aryl methyl sites for hydroxylation is 1. The molecular weight excluding hydrogens is 208 g/mol. The second-order valence-electron chi connectivity index (χ2n) is 5.66. The van der Waals surface area contributed by atoms with Gasteiger partial charge in [-0.3, -0.25) is 0 Å². The average Bonchev–Trinajstić information content (AvgIpc) is 2.34. The molecule has 1 spiro atoms. The second-order valence-corrected chi connectivity index (χ2v) is 5.66. The van der Waals surface area contributed by atoms with Crippen LogP contribution in [-0.2, 0) is 6.42 Å². The van der Waals surface area contributed by atoms with E-state index in [4.69, 9.17) is 4.74 Å². The number of hydrogen-bond acceptors (Lipinski definition) is 1. The first kappa shape index (κ1) is 11.1. The highest BCUT2D eigenvalue weighted by Crippen LogP contribution is 2.40. The highest BCUT2D eigenvalue weighted by atomic mass is 16.5. The van der Waals surface area contributed by atoms with E-state index in [2.05, 4.69) is 24.3 Å². The molecule has 0 atom stereocenters. The third-order valence-electron chi connectivity index (χ3n) is 4.41. The van der Waals surface area contributed by atoms with Crippen LogP contribution in [0.15, 0.2) is 24.3 Å². The Morgan fingerprint density at radius 2 is 1.53 bits per heavy atom. The lowest BCUT2D eigenvalue weighted by Crippen LogP contribution is -2.40. The molecule has 0 amide bonds. The fourth-order valence-corrected chi connectivity index (χ4v) is 3.36. The molecule has 1 saturated carbocycles. The van der Waals surface area contributed by atoms with Gasteiger partial charge in [-0.25, -0.2) is 0 Å². The Morgan fingerprint density at radius 1 is 0.824 bits per heavy atom. The van der Waals surface area contributed by atoms with Gasteiger partial charge in [0.1, 0.15) is 11.4 Å². The van der Waals surface area contributed by atoms with Crippen molar-refractivity contribution in [2.75, 3.05) is 0 Å². The zero-order valence-electron chi connectivity index (χ0n) is 10.6. The smallest absolute Gasteiger partial charge is 0.123 e. The molecule has 0 radical (unpaired) electrons. The highest BCUT2D eigenvalue weighted by molar-refractivity contribution is 5.36. The number of hydrogen-bond donors (Lipinski definition) is 0. The molecule has 1 aliphatic heterocycles. The van der Waals surface area contributed by atoms with Crippen LogP contribution >= 0.6 is 0 Å². The summed E-state index contributed by atoms with van der Waals surface area (Å²) < 4.78 is 6.40. The summed E-state index contributed by atoms with van der Waals surface area (Å²) >= 11 is 0. The molecule has 1 heteroatoms. The van der Waals surface area contributed by atoms with Crippen molar-refractivity contribution in [3.63, 3.8) is 0 Å². The molecular formula is C16H22O. The van der Waals surface area contributed by atoms with E-state index in [0.717, 1.165) is 5.75 Å². The minimum atomic E-state index is 0.175. The summed E-state index contributed by atoms with van der Waals surface area (Å²) in [6.45, 7) is 0. The molecule has 1 nitrogen and oxygen atoms in total. The van der Waals surface area contributed by atoms with Gasteiger partial charge in [-0.15, -0.1) is 0 Å². The van der Waals surface area contributed by atoms with Crippen LogP contribution in [0.4, 0.5) is 0 Å². The van der Waals surface area contributed by atoms with Gasteiger partial charge >= 0.3 is 0 Å². The first-order valence-electron chi connectivity index (χ1n) is 7.15. The first-order chi connectivity index (χ1) is 8.38. The van der Waals surface area contributed by atoms with Gasteiger partial charge in [-0.05, 0) is 50.2 Å². The largest absolute Gasteiger partial charge is 0.487 e. The van der Waals surface area contributed by atoms with Gasteiger partial charge in [0.15, 0.2) is 0 Å². The van der Waals surface area contributed by atoms with E-state index in [9.17, 15) is 0 Å². The predicted molar refractivity (Wildman–Crippen MR) is 70.4 cm³/mol. The minimum Gasteiger partial charge on any atom is -0.487 e. The Bertz CT molecular complexity index is 375. The van der Waals surface area contributed by atoms with Crippen LogP contribution in [0.5, 0.6) is 5.75 Å². The molecule has 92 valence electrons. The van der Waals surface area contributed by atoms with Crippen LogP contribution in [0, 0.1) is 0 Å². The molecule has 1 aromatic carbocycles. The van der Waals surface area contributed by atoms with E-state index in [0.29, 0.717) is 0 Å². The molecule has 1 aliphatic carbocycles. The Hall–Kier alpha value is -0.980. The van der Waals surface area contributed by atoms with E-state index >= 15 is 0 Å². The normalized spacial score (nSPS) is 23.3. The van der Waals surface area contributed by atoms with Crippen molar-refractivity contribution >= 4 is 0 Å². The van der Waals surface area contributed by atoms with E-state index < -0.39 is 0 Å². The van der Waals surface area contributed by atoms with Crippen molar-refractivity contribution in [2.45, 2.75) is 63.4 Å². The molecule has 17 heavy (non-hydrogen) atoms. The summed E-state index contributed by atoms with van der Waals surface area (Å²) in [6.07, 6.45) is 11.9. The Morgan fingerprint density at radius 3 is 2.35 bits per heavy atom. The maximum Gasteiger partial charge on any atom is 0.123 e. The molecule has 3 rings (SSSR count). The first-order valence-corrected chi connectivity index (χ1v) is 7.15. The van der Waals surface area contributed by atoms with E-state index in [-0.39, 0.29) is 5.60 Å². The van der Waals surface area contributed by atoms with Gasteiger partial charge < -0.3 is 4.74 Å². The molecule has 0 aromatic heterocycles. The van der Waals surface area contributed by atoms with Crippen molar-refractivity contribution in [1.82, 2.24) is 0 Å². The summed E-state index contributed by atoms with van der Waals surface area (Å²) in [6, 6.07) is 8.58. The molecule has 1 heterocycles. The predicted octanol–water partition coefficient (Wildman–Crippen LogP) is 4.49. The number of rotatable bonds is 0. The van der Waals surface area contributed by atoms with Crippen molar-refractivity contribution in [3.05, 3.63) is 29.8 Å². The molecule has 2 aliphatic rings. The molecule has 0 bridgehead atoms. The quantitative estimate of drug-likeness (QED) is 0.638. The summed E-state index contributed by atoms with van der Waals surface area (Å²) in [4.78, 5) is 0. The van der Waals surface area contributed by atoms with Crippen LogP contribution in [0.1, 0.15) is 56.9 Å². The highest BCUT2D eigenvalue weighted by Gasteiger charge is 2.35. The van der Waals surface area contributed by atoms with E-state index in [1.807, 2.05) is 0 Å². The summed E-state index contributed by atoms with van der Waals surface area (Å²) in [5.74, 6) is 1.15. The maximum absolute atomic E-state index is 6.40. The lowest BCUT2D eigenvalue weighted by molar-refractivity contribution is 0.0205. The van der Waals surface area contributed by atoms with E-state index in [1.54, 1.807) is 0 Å². The maximum atomic E-state index is 6.40. The zero-order valence-corrected chi connectivity index (χ0v) is 10.6. The Labute approximate surface area is 104 Å². The summed E-state index contributed by atoms with van der Waals surface area (Å²) in [7, 11) is 0. The lowest BCUT2D eigenvalue weighted by Gasteiger charge is -2.40. The average molecular weight is 230 g/mol. The van der Waals surface area contributed by atoms with Gasteiger partial charge in [-0.1, -0.05) is 37.5 Å². The SMILES string of the molecule is c1ccc2c(c1)CCC1(CCCCCCC1)O2. The number of fused-ring (bicyclic) bond motifs is 1. The molecule has 1 aromatic rings. The van der Waals surface area contributed by atoms with Crippen LogP contribution in [-0.4, -0.2) is 5.60 Å². The van der Waals surface area contributed by atoms with Crippen molar-refractivity contribution in [2.24, 2.45) is 0 Å². The number of benzene rings is 1. The fraction of sp³-hybridized carbons (Fsp3) is 0.625. The van der Waals surface area contributed by atoms with Crippen molar-refractivity contribution < 1.29 is 4.74 Å². The Kier molecular flexibility index (Phi) is 3.09. The van der Waals surface area contributed by atoms with Gasteiger partial charge in [-0.2, -0.15) is 0 Å². The zero-order chi connectivity index (χ0) is 11.6. The monoisotopic (exact) mass is 230 g/mol. The van der Waals surface area contributed by atoms with Crippen LogP contribution in [0.2, 0.25) is 0 Å². The summed E-state index contributed by atoms with van der Waals surface area (Å²) in [5.41, 5.74) is 1.58. The topological polar surface area (TPSA) is 9.23 Å². The number of ether oxygens (including phenoxy) is 1. The fourth-order valence-electron chi connectivity index (χ4n) is 3.36. The van der Waals surface area contributed by atoms with E-state index in [1.165, 1.54) is 63.4 Å². The Balaban J connectivity index is 1.80. The number of para-hydroxylation sites is 1. The van der Waals surface area contributed by atoms with Gasteiger partial charge in [0.2, 0.25) is 0 Å². The third kappa shape index (κ3) is 2.34. The molecule has 0 unspecified atom stereocenters. The van der Waals surface area contributed by atoms with Gasteiger partial charge in [0, 0.05) is 0 Å². The van der Waals surface area contributed by atoms with Crippen LogP contribution in [0.3, 0.4) is 0 Å². The standard InChI is InChI=1S/C16H22O/c1-2-6-11-16(12-7-3-1)13-10-14-8-4-5-9-15(14)17-16/h4-5,8-9H,1-3,6-7,10-13H2. The van der Waals surface area contributed by atoms with Gasteiger partial charge in [0.05, 0.1) is 0 Å².